The number of hydrogen-bond donors (Lipinski definition) is 1. The van der Waals surface area contributed by atoms with E-state index < -0.39 is 22.5 Å². The van der Waals surface area contributed by atoms with Crippen LogP contribution in [0.4, 0.5) is 5.69 Å². The first kappa shape index (κ1) is 28.1. The molecule has 0 radical (unpaired) electrons. The molecule has 0 fully saturated rings. The van der Waals surface area contributed by atoms with Crippen LogP contribution in [0.5, 0.6) is 5.75 Å². The zero-order valence-corrected chi connectivity index (χ0v) is 24.5. The van der Waals surface area contributed by atoms with Gasteiger partial charge in [0.2, 0.25) is 0 Å². The number of hydrazone groups is 1. The molecule has 1 N–H and O–H groups in total. The number of aromatic nitrogens is 1. The lowest BCUT2D eigenvalue weighted by atomic mass is 10.2. The Balaban J connectivity index is 1.55. The number of carbonyl (C=O) groups is 1. The van der Waals surface area contributed by atoms with Gasteiger partial charge in [0.25, 0.3) is 15.9 Å². The molecule has 39 heavy (non-hydrogen) atoms. The summed E-state index contributed by atoms with van der Waals surface area (Å²) in [5, 5.41) is 4.12. The summed E-state index contributed by atoms with van der Waals surface area (Å²) in [5.41, 5.74) is 7.53. The number of halogens is 1. The Labute approximate surface area is 237 Å². The molecule has 1 heterocycles. The van der Waals surface area contributed by atoms with Gasteiger partial charge in [-0.3, -0.25) is 9.10 Å². The second-order valence-corrected chi connectivity index (χ2v) is 11.7. The predicted molar refractivity (Wildman–Crippen MR) is 157 cm³/mol. The highest BCUT2D eigenvalue weighted by molar-refractivity contribution is 9.10. The van der Waals surface area contributed by atoms with E-state index in [9.17, 15) is 13.2 Å². The third kappa shape index (κ3) is 6.40. The van der Waals surface area contributed by atoms with Gasteiger partial charge in [-0.05, 0) is 87.5 Å². The Morgan fingerprint density at radius 2 is 1.64 bits per heavy atom. The van der Waals surface area contributed by atoms with Crippen LogP contribution in [-0.2, 0) is 14.8 Å². The van der Waals surface area contributed by atoms with Crippen molar-refractivity contribution in [2.75, 3.05) is 18.0 Å². The number of rotatable bonds is 9. The summed E-state index contributed by atoms with van der Waals surface area (Å²) >= 11 is 3.46. The van der Waals surface area contributed by atoms with E-state index in [-0.39, 0.29) is 4.90 Å². The molecule has 0 aliphatic heterocycles. The van der Waals surface area contributed by atoms with Crippen molar-refractivity contribution < 1.29 is 17.9 Å². The molecule has 0 saturated carbocycles. The summed E-state index contributed by atoms with van der Waals surface area (Å²) in [6, 6.07) is 22.9. The van der Waals surface area contributed by atoms with Crippen molar-refractivity contribution in [3.8, 4) is 11.4 Å². The molecule has 4 aromatic rings. The second-order valence-electron chi connectivity index (χ2n) is 8.95. The quantitative estimate of drug-likeness (QED) is 0.200. The van der Waals surface area contributed by atoms with Gasteiger partial charge < -0.3 is 9.30 Å². The summed E-state index contributed by atoms with van der Waals surface area (Å²) in [7, 11) is -2.51. The van der Waals surface area contributed by atoms with E-state index in [1.54, 1.807) is 42.6 Å². The molecule has 1 aromatic heterocycles. The standard InChI is InChI=1S/C29H29BrN4O4S/c1-20-5-15-28(16-6-20)39(36,37)33(25-11-13-27(38-4)14-12-25)19-29(35)32-31-18-23-17-21(2)34(22(23)3)26-9-7-24(30)8-10-26/h5-18H,19H2,1-4H3,(H,32,35)/b31-18+. The molecular formula is C29H29BrN4O4S. The number of carbonyl (C=O) groups excluding carboxylic acids is 1. The third-order valence-electron chi connectivity index (χ3n) is 6.20. The summed E-state index contributed by atoms with van der Waals surface area (Å²) in [5.74, 6) is -0.0132. The fourth-order valence-corrected chi connectivity index (χ4v) is 5.83. The molecule has 10 heteroatoms. The number of amides is 1. The fraction of sp³-hybridized carbons (Fsp3) is 0.172. The van der Waals surface area contributed by atoms with Gasteiger partial charge in [-0.15, -0.1) is 0 Å². The summed E-state index contributed by atoms with van der Waals surface area (Å²) < 4.78 is 36.4. The van der Waals surface area contributed by atoms with Crippen LogP contribution >= 0.6 is 15.9 Å². The van der Waals surface area contributed by atoms with Crippen molar-refractivity contribution in [3.05, 3.63) is 106 Å². The zero-order valence-electron chi connectivity index (χ0n) is 22.1. The van der Waals surface area contributed by atoms with E-state index in [2.05, 4.69) is 31.0 Å². The van der Waals surface area contributed by atoms with Gasteiger partial charge in [-0.2, -0.15) is 5.10 Å². The molecule has 202 valence electrons. The Kier molecular flexibility index (Phi) is 8.57. The monoisotopic (exact) mass is 608 g/mol. The number of benzene rings is 3. The second kappa shape index (κ2) is 11.9. The first-order chi connectivity index (χ1) is 18.6. The number of ether oxygens (including phenoxy) is 1. The average molecular weight is 610 g/mol. The number of sulfonamides is 1. The highest BCUT2D eigenvalue weighted by Gasteiger charge is 2.27. The van der Waals surface area contributed by atoms with Gasteiger partial charge in [0, 0.05) is 27.1 Å². The van der Waals surface area contributed by atoms with Crippen molar-refractivity contribution in [1.29, 1.82) is 0 Å². The highest BCUT2D eigenvalue weighted by atomic mass is 79.9. The Morgan fingerprint density at radius 3 is 2.26 bits per heavy atom. The van der Waals surface area contributed by atoms with Gasteiger partial charge >= 0.3 is 0 Å². The maximum Gasteiger partial charge on any atom is 0.264 e. The van der Waals surface area contributed by atoms with Crippen molar-refractivity contribution >= 4 is 43.8 Å². The van der Waals surface area contributed by atoms with Gasteiger partial charge in [-0.1, -0.05) is 33.6 Å². The molecule has 3 aromatic carbocycles. The normalized spacial score (nSPS) is 11.5. The minimum atomic E-state index is -4.03. The number of methoxy groups -OCH3 is 1. The first-order valence-electron chi connectivity index (χ1n) is 12.1. The van der Waals surface area contributed by atoms with E-state index in [1.807, 2.05) is 51.1 Å². The van der Waals surface area contributed by atoms with E-state index in [4.69, 9.17) is 4.74 Å². The molecule has 0 bridgehead atoms. The van der Waals surface area contributed by atoms with Crippen LogP contribution in [0.3, 0.4) is 0 Å². The molecule has 0 aliphatic carbocycles. The SMILES string of the molecule is COc1ccc(N(CC(=O)N/N=C/c2cc(C)n(-c3ccc(Br)cc3)c2C)S(=O)(=O)c2ccc(C)cc2)cc1. The topological polar surface area (TPSA) is 93.0 Å². The third-order valence-corrected chi connectivity index (χ3v) is 8.52. The molecule has 1 amide bonds. The number of anilines is 1. The zero-order chi connectivity index (χ0) is 28.2. The molecule has 0 unspecified atom stereocenters. The smallest absolute Gasteiger partial charge is 0.264 e. The van der Waals surface area contributed by atoms with Gasteiger partial charge in [0.05, 0.1) is 23.9 Å². The van der Waals surface area contributed by atoms with Crippen LogP contribution in [0.15, 0.2) is 93.3 Å². The van der Waals surface area contributed by atoms with Crippen LogP contribution in [0.25, 0.3) is 5.69 Å². The molecular weight excluding hydrogens is 580 g/mol. The van der Waals surface area contributed by atoms with Gasteiger partial charge in [0.15, 0.2) is 0 Å². The maximum absolute atomic E-state index is 13.5. The lowest BCUT2D eigenvalue weighted by Crippen LogP contribution is -2.39. The molecule has 0 aliphatic rings. The van der Waals surface area contributed by atoms with E-state index in [0.29, 0.717) is 11.4 Å². The minimum Gasteiger partial charge on any atom is -0.497 e. The Bertz CT molecular complexity index is 1590. The van der Waals surface area contributed by atoms with Crippen LogP contribution in [0, 0.1) is 20.8 Å². The van der Waals surface area contributed by atoms with Gasteiger partial charge in [0.1, 0.15) is 12.3 Å². The maximum atomic E-state index is 13.5. The van der Waals surface area contributed by atoms with E-state index in [0.717, 1.165) is 37.0 Å². The number of hydrogen-bond acceptors (Lipinski definition) is 5. The summed E-state index contributed by atoms with van der Waals surface area (Å²) in [6.45, 7) is 5.38. The summed E-state index contributed by atoms with van der Waals surface area (Å²) in [6.07, 6.45) is 1.56. The van der Waals surface area contributed by atoms with Gasteiger partial charge in [-0.25, -0.2) is 13.8 Å². The minimum absolute atomic E-state index is 0.0839. The highest BCUT2D eigenvalue weighted by Crippen LogP contribution is 2.26. The lowest BCUT2D eigenvalue weighted by Gasteiger charge is -2.24. The first-order valence-corrected chi connectivity index (χ1v) is 14.3. The number of aryl methyl sites for hydroxylation is 2. The number of nitrogens with zero attached hydrogens (tertiary/aromatic N) is 3. The average Bonchev–Trinajstić information content (AvgIpc) is 3.20. The van der Waals surface area contributed by atoms with Crippen molar-refractivity contribution in [2.45, 2.75) is 25.7 Å². The van der Waals surface area contributed by atoms with Crippen molar-refractivity contribution in [1.82, 2.24) is 9.99 Å². The van der Waals surface area contributed by atoms with Crippen LogP contribution in [0.2, 0.25) is 0 Å². The Morgan fingerprint density at radius 1 is 1.00 bits per heavy atom. The largest absolute Gasteiger partial charge is 0.497 e. The van der Waals surface area contributed by atoms with E-state index >= 15 is 0 Å². The van der Waals surface area contributed by atoms with Crippen molar-refractivity contribution in [2.24, 2.45) is 5.10 Å². The van der Waals surface area contributed by atoms with Crippen LogP contribution < -0.4 is 14.5 Å². The molecule has 4 rings (SSSR count). The summed E-state index contributed by atoms with van der Waals surface area (Å²) in [4.78, 5) is 13.0. The lowest BCUT2D eigenvalue weighted by molar-refractivity contribution is -0.119. The molecule has 0 saturated heterocycles. The van der Waals surface area contributed by atoms with E-state index in [1.165, 1.54) is 19.2 Å². The van der Waals surface area contributed by atoms with Crippen molar-refractivity contribution in [3.63, 3.8) is 0 Å². The fourth-order valence-electron chi connectivity index (χ4n) is 4.15. The van der Waals surface area contributed by atoms with Crippen LogP contribution in [-0.4, -0.2) is 38.8 Å². The molecule has 0 spiro atoms. The predicted octanol–water partition coefficient (Wildman–Crippen LogP) is 5.52. The molecule has 0 atom stereocenters. The molecule has 8 nitrogen and oxygen atoms in total. The van der Waals surface area contributed by atoms with Crippen LogP contribution in [0.1, 0.15) is 22.5 Å². The number of nitrogens with one attached hydrogen (secondary N) is 1. The Hall–Kier alpha value is -3.89.